The van der Waals surface area contributed by atoms with Gasteiger partial charge < -0.3 is 9.73 Å². The fraction of sp³-hybridized carbons (Fsp3) is 0.360. The number of hydrogen-bond donors (Lipinski definition) is 1. The fourth-order valence-corrected chi connectivity index (χ4v) is 2.60. The van der Waals surface area contributed by atoms with Gasteiger partial charge in [-0.05, 0) is 38.0 Å². The van der Waals surface area contributed by atoms with Gasteiger partial charge in [0.1, 0.15) is 11.3 Å². The second-order valence-corrected chi connectivity index (χ2v) is 6.26. The number of hydrogen-bond acceptors (Lipinski definition) is 2. The maximum atomic E-state index is 5.98. The summed E-state index contributed by atoms with van der Waals surface area (Å²) in [5, 5.41) is 4.70. The Morgan fingerprint density at radius 1 is 0.926 bits per heavy atom. The standard InChI is InChI=1S/C20H21NO.C3H8.C2H6/c1-4-16(21-18-11-7-5-9-14(18)2)13-20-15(3)17-10-6-8-12-19(17)22-20;1-3-2;1-2/h5-13,21H,4H2,1-3H3;3H2,1-2H3;1-2H3/b16-13+;;. The third-order valence-corrected chi connectivity index (χ3v) is 4.01. The van der Waals surface area contributed by atoms with Crippen LogP contribution in [0.15, 0.2) is 58.6 Å². The third kappa shape index (κ3) is 6.32. The number of allylic oxidation sites excluding steroid dienone is 1. The number of para-hydroxylation sites is 2. The van der Waals surface area contributed by atoms with Crippen molar-refractivity contribution in [1.82, 2.24) is 0 Å². The van der Waals surface area contributed by atoms with Gasteiger partial charge in [-0.1, -0.05) is 77.4 Å². The van der Waals surface area contributed by atoms with Gasteiger partial charge in [0.2, 0.25) is 0 Å². The summed E-state index contributed by atoms with van der Waals surface area (Å²) in [4.78, 5) is 0. The van der Waals surface area contributed by atoms with E-state index < -0.39 is 0 Å². The lowest BCUT2D eigenvalue weighted by molar-refractivity contribution is 0.600. The van der Waals surface area contributed by atoms with Crippen molar-refractivity contribution in [3.05, 3.63) is 71.1 Å². The molecule has 0 spiro atoms. The van der Waals surface area contributed by atoms with Crippen LogP contribution in [0.4, 0.5) is 5.69 Å². The Bertz CT molecular complexity index is 842. The molecule has 1 N–H and O–H groups in total. The van der Waals surface area contributed by atoms with Gasteiger partial charge in [0.25, 0.3) is 0 Å². The molecule has 1 aromatic heterocycles. The van der Waals surface area contributed by atoms with Gasteiger partial charge in [-0.2, -0.15) is 0 Å². The van der Waals surface area contributed by atoms with E-state index >= 15 is 0 Å². The van der Waals surface area contributed by atoms with Gasteiger partial charge in [0.15, 0.2) is 0 Å². The van der Waals surface area contributed by atoms with Crippen LogP contribution in [-0.2, 0) is 0 Å². The minimum absolute atomic E-state index is 0.921. The van der Waals surface area contributed by atoms with Crippen LogP contribution in [0.1, 0.15) is 64.3 Å². The van der Waals surface area contributed by atoms with Crippen LogP contribution in [0.3, 0.4) is 0 Å². The number of fused-ring (bicyclic) bond motifs is 1. The second kappa shape index (κ2) is 12.0. The Hall–Kier alpha value is -2.48. The van der Waals surface area contributed by atoms with E-state index in [9.17, 15) is 0 Å². The molecule has 0 aliphatic rings. The molecule has 2 heteroatoms. The van der Waals surface area contributed by atoms with Crippen molar-refractivity contribution >= 4 is 22.7 Å². The number of furan rings is 1. The van der Waals surface area contributed by atoms with E-state index in [1.54, 1.807) is 0 Å². The molecule has 0 bridgehead atoms. The largest absolute Gasteiger partial charge is 0.456 e. The third-order valence-electron chi connectivity index (χ3n) is 4.01. The molecule has 0 atom stereocenters. The van der Waals surface area contributed by atoms with E-state index in [1.807, 2.05) is 32.0 Å². The molecule has 146 valence electrons. The van der Waals surface area contributed by atoms with Gasteiger partial charge >= 0.3 is 0 Å². The Kier molecular flexibility index (Phi) is 10.0. The number of nitrogens with one attached hydrogen (secondary N) is 1. The first kappa shape index (κ1) is 22.6. The minimum atomic E-state index is 0.921. The summed E-state index contributed by atoms with van der Waals surface area (Å²) in [6, 6.07) is 16.5. The SMILES string of the molecule is CC.CC/C(=C\c1oc2ccccc2c1C)Nc1ccccc1C.CCC. The molecular weight excluding hydrogens is 330 g/mol. The van der Waals surface area contributed by atoms with Crippen molar-refractivity contribution in [3.8, 4) is 0 Å². The second-order valence-electron chi connectivity index (χ2n) is 6.26. The van der Waals surface area contributed by atoms with E-state index in [4.69, 9.17) is 4.42 Å². The number of anilines is 1. The lowest BCUT2D eigenvalue weighted by atomic mass is 10.1. The normalized spacial score (nSPS) is 10.6. The first-order chi connectivity index (χ1) is 13.1. The summed E-state index contributed by atoms with van der Waals surface area (Å²) in [6.07, 6.45) is 4.28. The fourth-order valence-electron chi connectivity index (χ4n) is 2.60. The first-order valence-corrected chi connectivity index (χ1v) is 10.1. The predicted molar refractivity (Wildman–Crippen MR) is 121 cm³/mol. The maximum Gasteiger partial charge on any atom is 0.135 e. The molecule has 0 aliphatic carbocycles. The Labute approximate surface area is 165 Å². The molecule has 0 aliphatic heterocycles. The summed E-state index contributed by atoms with van der Waals surface area (Å²) in [7, 11) is 0. The van der Waals surface area contributed by atoms with Gasteiger partial charge in [0, 0.05) is 28.4 Å². The molecule has 0 unspecified atom stereocenters. The van der Waals surface area contributed by atoms with Crippen LogP contribution in [-0.4, -0.2) is 0 Å². The first-order valence-electron chi connectivity index (χ1n) is 10.1. The van der Waals surface area contributed by atoms with Gasteiger partial charge in [-0.25, -0.2) is 0 Å². The van der Waals surface area contributed by atoms with Crippen molar-refractivity contribution in [2.45, 2.75) is 61.3 Å². The average molecular weight is 366 g/mol. The summed E-state index contributed by atoms with van der Waals surface area (Å²) >= 11 is 0. The highest BCUT2D eigenvalue weighted by atomic mass is 16.3. The van der Waals surface area contributed by atoms with Crippen molar-refractivity contribution in [2.75, 3.05) is 5.32 Å². The number of benzene rings is 2. The highest BCUT2D eigenvalue weighted by Crippen LogP contribution is 2.27. The van der Waals surface area contributed by atoms with Gasteiger partial charge in [0.05, 0.1) is 0 Å². The smallest absolute Gasteiger partial charge is 0.135 e. The monoisotopic (exact) mass is 365 g/mol. The molecule has 2 aromatic carbocycles. The van der Waals surface area contributed by atoms with E-state index in [2.05, 4.69) is 76.3 Å². The van der Waals surface area contributed by atoms with Crippen LogP contribution in [0.2, 0.25) is 0 Å². The quantitative estimate of drug-likeness (QED) is 0.502. The van der Waals surface area contributed by atoms with Crippen LogP contribution < -0.4 is 5.32 Å². The molecule has 0 fully saturated rings. The van der Waals surface area contributed by atoms with Crippen molar-refractivity contribution in [2.24, 2.45) is 0 Å². The lowest BCUT2D eigenvalue weighted by Crippen LogP contribution is -1.99. The Morgan fingerprint density at radius 2 is 1.52 bits per heavy atom. The molecule has 0 saturated heterocycles. The zero-order valence-electron chi connectivity index (χ0n) is 18.0. The van der Waals surface area contributed by atoms with Crippen molar-refractivity contribution in [3.63, 3.8) is 0 Å². The molecule has 3 rings (SSSR count). The molecule has 0 radical (unpaired) electrons. The maximum absolute atomic E-state index is 5.98. The zero-order valence-corrected chi connectivity index (χ0v) is 18.0. The molecule has 0 saturated carbocycles. The summed E-state index contributed by atoms with van der Waals surface area (Å²) < 4.78 is 5.98. The summed E-state index contributed by atoms with van der Waals surface area (Å²) in [6.45, 7) is 14.6. The van der Waals surface area contributed by atoms with Gasteiger partial charge in [-0.15, -0.1) is 0 Å². The molecule has 3 aromatic rings. The highest BCUT2D eigenvalue weighted by molar-refractivity contribution is 5.84. The minimum Gasteiger partial charge on any atom is -0.456 e. The predicted octanol–water partition coefficient (Wildman–Crippen LogP) is 8.36. The Morgan fingerprint density at radius 3 is 2.11 bits per heavy atom. The topological polar surface area (TPSA) is 25.2 Å². The van der Waals surface area contributed by atoms with Crippen LogP contribution in [0, 0.1) is 13.8 Å². The van der Waals surface area contributed by atoms with Crippen molar-refractivity contribution in [1.29, 1.82) is 0 Å². The average Bonchev–Trinajstić information content (AvgIpc) is 3.01. The summed E-state index contributed by atoms with van der Waals surface area (Å²) in [5.41, 5.74) is 5.66. The van der Waals surface area contributed by atoms with E-state index in [-0.39, 0.29) is 0 Å². The van der Waals surface area contributed by atoms with Crippen molar-refractivity contribution < 1.29 is 4.42 Å². The molecule has 0 amide bonds. The van der Waals surface area contributed by atoms with Crippen LogP contribution in [0.25, 0.3) is 17.0 Å². The summed E-state index contributed by atoms with van der Waals surface area (Å²) in [5.74, 6) is 0.930. The Balaban J connectivity index is 0.000000665. The molecule has 1 heterocycles. The number of rotatable bonds is 4. The van der Waals surface area contributed by atoms with Gasteiger partial charge in [-0.3, -0.25) is 0 Å². The highest BCUT2D eigenvalue weighted by Gasteiger charge is 2.09. The van der Waals surface area contributed by atoms with Crippen LogP contribution >= 0.6 is 0 Å². The van der Waals surface area contributed by atoms with E-state index in [1.165, 1.54) is 22.9 Å². The lowest BCUT2D eigenvalue weighted by Gasteiger charge is -2.11. The number of aryl methyl sites for hydroxylation is 2. The van der Waals surface area contributed by atoms with E-state index in [0.717, 1.165) is 29.1 Å². The van der Waals surface area contributed by atoms with Crippen LogP contribution in [0.5, 0.6) is 0 Å². The molecule has 2 nitrogen and oxygen atoms in total. The van der Waals surface area contributed by atoms with E-state index in [0.29, 0.717) is 0 Å². The zero-order chi connectivity index (χ0) is 20.2. The molecular formula is C25H35NO. The molecule has 27 heavy (non-hydrogen) atoms.